The number of hydrogen-bond donors (Lipinski definition) is 1. The molecule has 1 N–H and O–H groups in total. The maximum atomic E-state index is 13.7. The third-order valence-electron chi connectivity index (χ3n) is 3.79. The zero-order valence-electron chi connectivity index (χ0n) is 13.0. The maximum Gasteiger partial charge on any atom is 0.126 e. The molecule has 0 aliphatic heterocycles. The van der Waals surface area contributed by atoms with Crippen molar-refractivity contribution in [2.75, 3.05) is 7.11 Å². The number of benzene rings is 2. The minimum Gasteiger partial charge on any atom is -0.497 e. The molecule has 0 fully saturated rings. The van der Waals surface area contributed by atoms with Crippen molar-refractivity contribution >= 4 is 0 Å². The van der Waals surface area contributed by atoms with Crippen molar-refractivity contribution in [2.45, 2.75) is 32.9 Å². The van der Waals surface area contributed by atoms with Crippen LogP contribution in [0.15, 0.2) is 42.5 Å². The summed E-state index contributed by atoms with van der Waals surface area (Å²) in [4.78, 5) is 0. The van der Waals surface area contributed by atoms with E-state index in [-0.39, 0.29) is 17.9 Å². The Bertz CT molecular complexity index is 612. The highest BCUT2D eigenvalue weighted by Crippen LogP contribution is 2.23. The summed E-state index contributed by atoms with van der Waals surface area (Å²) in [6.07, 6.45) is 0. The van der Waals surface area contributed by atoms with E-state index >= 15 is 0 Å². The van der Waals surface area contributed by atoms with E-state index in [1.165, 1.54) is 0 Å². The van der Waals surface area contributed by atoms with Gasteiger partial charge in [0.25, 0.3) is 0 Å². The van der Waals surface area contributed by atoms with E-state index in [1.807, 2.05) is 37.3 Å². The van der Waals surface area contributed by atoms with Gasteiger partial charge in [-0.05, 0) is 55.7 Å². The van der Waals surface area contributed by atoms with Gasteiger partial charge in [0.05, 0.1) is 7.11 Å². The molecular formula is C18H22FNO. The summed E-state index contributed by atoms with van der Waals surface area (Å²) in [5.41, 5.74) is 2.77. The normalized spacial score (nSPS) is 13.8. The van der Waals surface area contributed by atoms with Crippen molar-refractivity contribution in [3.05, 3.63) is 65.0 Å². The third-order valence-corrected chi connectivity index (χ3v) is 3.79. The van der Waals surface area contributed by atoms with E-state index in [0.29, 0.717) is 5.56 Å². The highest BCUT2D eigenvalue weighted by Gasteiger charge is 2.12. The summed E-state index contributed by atoms with van der Waals surface area (Å²) in [5.74, 6) is 0.686. The summed E-state index contributed by atoms with van der Waals surface area (Å²) in [7, 11) is 1.66. The Morgan fingerprint density at radius 2 is 1.67 bits per heavy atom. The Hall–Kier alpha value is -1.87. The van der Waals surface area contributed by atoms with Crippen LogP contribution in [-0.2, 0) is 0 Å². The molecule has 2 atom stereocenters. The van der Waals surface area contributed by atoms with Gasteiger partial charge in [0.2, 0.25) is 0 Å². The Morgan fingerprint density at radius 3 is 2.29 bits per heavy atom. The fourth-order valence-corrected chi connectivity index (χ4v) is 2.36. The molecule has 2 aromatic rings. The van der Waals surface area contributed by atoms with Gasteiger partial charge >= 0.3 is 0 Å². The van der Waals surface area contributed by atoms with Gasteiger partial charge in [-0.3, -0.25) is 0 Å². The summed E-state index contributed by atoms with van der Waals surface area (Å²) in [6, 6.07) is 13.6. The molecule has 3 heteroatoms. The van der Waals surface area contributed by atoms with Crippen LogP contribution in [0, 0.1) is 12.7 Å². The Morgan fingerprint density at radius 1 is 1.00 bits per heavy atom. The third kappa shape index (κ3) is 3.82. The van der Waals surface area contributed by atoms with Gasteiger partial charge in [0.15, 0.2) is 0 Å². The average molecular weight is 287 g/mol. The van der Waals surface area contributed by atoms with Crippen molar-refractivity contribution in [3.8, 4) is 5.75 Å². The number of methoxy groups -OCH3 is 1. The minimum atomic E-state index is -0.157. The lowest BCUT2D eigenvalue weighted by molar-refractivity contribution is 0.412. The summed E-state index contributed by atoms with van der Waals surface area (Å²) in [5, 5.41) is 3.49. The minimum absolute atomic E-state index is 0.0706. The first kappa shape index (κ1) is 15.5. The smallest absolute Gasteiger partial charge is 0.126 e. The predicted molar refractivity (Wildman–Crippen MR) is 84.1 cm³/mol. The van der Waals surface area contributed by atoms with Gasteiger partial charge in [-0.2, -0.15) is 0 Å². The summed E-state index contributed by atoms with van der Waals surface area (Å²) in [6.45, 7) is 5.91. The SMILES string of the molecule is COc1cccc([C@@H](C)NC(C)c2ccc(C)c(F)c2)c1. The van der Waals surface area contributed by atoms with E-state index < -0.39 is 0 Å². The maximum absolute atomic E-state index is 13.7. The average Bonchev–Trinajstić information content (AvgIpc) is 2.49. The first-order valence-corrected chi connectivity index (χ1v) is 7.17. The van der Waals surface area contributed by atoms with Crippen LogP contribution in [0.2, 0.25) is 0 Å². The van der Waals surface area contributed by atoms with Crippen LogP contribution < -0.4 is 10.1 Å². The molecule has 1 unspecified atom stereocenters. The lowest BCUT2D eigenvalue weighted by Crippen LogP contribution is -2.22. The largest absolute Gasteiger partial charge is 0.497 e. The van der Waals surface area contributed by atoms with Crippen molar-refractivity contribution in [2.24, 2.45) is 0 Å². The number of aryl methyl sites for hydroxylation is 1. The lowest BCUT2D eigenvalue weighted by atomic mass is 10.0. The molecule has 0 radical (unpaired) electrons. The van der Waals surface area contributed by atoms with Crippen LogP contribution in [-0.4, -0.2) is 7.11 Å². The van der Waals surface area contributed by atoms with E-state index in [1.54, 1.807) is 20.1 Å². The van der Waals surface area contributed by atoms with Crippen molar-refractivity contribution in [3.63, 3.8) is 0 Å². The Labute approximate surface area is 126 Å². The van der Waals surface area contributed by atoms with Gasteiger partial charge in [-0.15, -0.1) is 0 Å². The summed E-state index contributed by atoms with van der Waals surface area (Å²) < 4.78 is 18.9. The highest BCUT2D eigenvalue weighted by atomic mass is 19.1. The predicted octanol–water partition coefficient (Wildman–Crippen LogP) is 4.55. The second kappa shape index (κ2) is 6.72. The fourth-order valence-electron chi connectivity index (χ4n) is 2.36. The van der Waals surface area contributed by atoms with Crippen molar-refractivity contribution in [1.29, 1.82) is 0 Å². The lowest BCUT2D eigenvalue weighted by Gasteiger charge is -2.21. The van der Waals surface area contributed by atoms with Crippen LogP contribution >= 0.6 is 0 Å². The summed E-state index contributed by atoms with van der Waals surface area (Å²) >= 11 is 0. The van der Waals surface area contributed by atoms with Crippen molar-refractivity contribution in [1.82, 2.24) is 5.32 Å². The number of hydrogen-bond acceptors (Lipinski definition) is 2. The molecule has 0 spiro atoms. The van der Waals surface area contributed by atoms with Crippen LogP contribution in [0.1, 0.15) is 42.6 Å². The van der Waals surface area contributed by atoms with Crippen LogP contribution in [0.25, 0.3) is 0 Å². The molecular weight excluding hydrogens is 265 g/mol. The van der Waals surface area contributed by atoms with Gasteiger partial charge in [0, 0.05) is 12.1 Å². The van der Waals surface area contributed by atoms with E-state index in [9.17, 15) is 4.39 Å². The molecule has 2 rings (SSSR count). The van der Waals surface area contributed by atoms with Gasteiger partial charge in [0.1, 0.15) is 11.6 Å². The monoisotopic (exact) mass is 287 g/mol. The molecule has 21 heavy (non-hydrogen) atoms. The topological polar surface area (TPSA) is 21.3 Å². The standard InChI is InChI=1S/C18H22FNO/c1-12-8-9-16(11-18(12)19)14(3)20-13(2)15-6-5-7-17(10-15)21-4/h5-11,13-14,20H,1-4H3/t13-,14?/m1/s1. The number of nitrogens with one attached hydrogen (secondary N) is 1. The zero-order chi connectivity index (χ0) is 15.4. The quantitative estimate of drug-likeness (QED) is 0.870. The Kier molecular flexibility index (Phi) is 4.97. The van der Waals surface area contributed by atoms with Crippen LogP contribution in [0.3, 0.4) is 0 Å². The number of rotatable bonds is 5. The molecule has 0 aliphatic rings. The Balaban J connectivity index is 2.10. The molecule has 0 aliphatic carbocycles. The molecule has 0 amide bonds. The molecule has 0 aromatic heterocycles. The fraction of sp³-hybridized carbons (Fsp3) is 0.333. The second-order valence-corrected chi connectivity index (χ2v) is 5.40. The van der Waals surface area contributed by atoms with E-state index in [0.717, 1.165) is 16.9 Å². The number of ether oxygens (including phenoxy) is 1. The molecule has 112 valence electrons. The number of halogens is 1. The van der Waals surface area contributed by atoms with Gasteiger partial charge in [-0.1, -0.05) is 24.3 Å². The molecule has 2 aromatic carbocycles. The zero-order valence-corrected chi connectivity index (χ0v) is 13.0. The van der Waals surface area contributed by atoms with Gasteiger partial charge in [-0.25, -0.2) is 4.39 Å². The second-order valence-electron chi connectivity index (χ2n) is 5.40. The molecule has 0 bridgehead atoms. The van der Waals surface area contributed by atoms with Gasteiger partial charge < -0.3 is 10.1 Å². The highest BCUT2D eigenvalue weighted by molar-refractivity contribution is 5.31. The first-order chi connectivity index (χ1) is 10.0. The van der Waals surface area contributed by atoms with E-state index in [2.05, 4.69) is 18.3 Å². The van der Waals surface area contributed by atoms with Crippen molar-refractivity contribution < 1.29 is 9.13 Å². The van der Waals surface area contributed by atoms with Crippen LogP contribution in [0.5, 0.6) is 5.75 Å². The molecule has 0 saturated heterocycles. The molecule has 0 heterocycles. The molecule has 0 saturated carbocycles. The molecule has 2 nitrogen and oxygen atoms in total. The van der Waals surface area contributed by atoms with Crippen LogP contribution in [0.4, 0.5) is 4.39 Å². The van der Waals surface area contributed by atoms with E-state index in [4.69, 9.17) is 4.74 Å². The first-order valence-electron chi connectivity index (χ1n) is 7.17.